The van der Waals surface area contributed by atoms with E-state index < -0.39 is 17.3 Å². The number of aryl methyl sites for hydroxylation is 1. The molecule has 34 heavy (non-hydrogen) atoms. The fourth-order valence-corrected chi connectivity index (χ4v) is 3.44. The lowest BCUT2D eigenvalue weighted by Gasteiger charge is -2.14. The minimum atomic E-state index is -0.803. The van der Waals surface area contributed by atoms with Crippen molar-refractivity contribution in [1.82, 2.24) is 13.8 Å². The van der Waals surface area contributed by atoms with Gasteiger partial charge in [0, 0.05) is 11.6 Å². The predicted octanol–water partition coefficient (Wildman–Crippen LogP) is 1.73. The molecule has 2 aromatic carbocycles. The van der Waals surface area contributed by atoms with Crippen LogP contribution in [0.2, 0.25) is 5.02 Å². The number of methoxy groups -OCH3 is 1. The first-order valence-corrected chi connectivity index (χ1v) is 10.9. The summed E-state index contributed by atoms with van der Waals surface area (Å²) in [5.74, 6) is 6.25. The molecule has 0 unspecified atom stereocenters. The van der Waals surface area contributed by atoms with Gasteiger partial charge in [-0.15, -0.1) is 0 Å². The van der Waals surface area contributed by atoms with E-state index in [-0.39, 0.29) is 25.1 Å². The van der Waals surface area contributed by atoms with E-state index in [2.05, 4.69) is 9.73 Å². The van der Waals surface area contributed by atoms with Crippen LogP contribution in [0.15, 0.2) is 57.0 Å². The molecule has 0 aliphatic rings. The molecule has 2 N–H and O–H groups in total. The Morgan fingerprint density at radius 2 is 1.79 bits per heavy atom. The van der Waals surface area contributed by atoms with Gasteiger partial charge in [0.1, 0.15) is 5.75 Å². The number of nitrogen functional groups attached to an aromatic ring is 1. The Hall–Kier alpha value is -3.79. The second kappa shape index (κ2) is 10.9. The summed E-state index contributed by atoms with van der Waals surface area (Å²) in [5, 5.41) is 0.544. The molecule has 1 heterocycles. The van der Waals surface area contributed by atoms with Gasteiger partial charge in [-0.25, -0.2) is 19.1 Å². The minimum Gasteiger partial charge on any atom is -0.494 e. The monoisotopic (exact) mass is 487 g/mol. The van der Waals surface area contributed by atoms with Crippen LogP contribution in [-0.2, 0) is 22.6 Å². The summed E-state index contributed by atoms with van der Waals surface area (Å²) in [6.45, 7) is 4.15. The highest BCUT2D eigenvalue weighted by Crippen LogP contribution is 2.23. The summed E-state index contributed by atoms with van der Waals surface area (Å²) in [6, 6.07) is 12.1. The van der Waals surface area contributed by atoms with E-state index in [9.17, 15) is 14.4 Å². The lowest BCUT2D eigenvalue weighted by molar-refractivity contribution is -0.140. The van der Waals surface area contributed by atoms with Gasteiger partial charge in [0.25, 0.3) is 0 Å². The Morgan fingerprint density at radius 1 is 1.09 bits per heavy atom. The van der Waals surface area contributed by atoms with Crippen molar-refractivity contribution >= 4 is 23.3 Å². The number of nitrogens with two attached hydrogens (primary N) is 1. The lowest BCUT2D eigenvalue weighted by Crippen LogP contribution is -2.57. The molecule has 0 radical (unpaired) electrons. The van der Waals surface area contributed by atoms with Crippen molar-refractivity contribution in [1.29, 1.82) is 0 Å². The van der Waals surface area contributed by atoms with Crippen LogP contribution < -0.4 is 27.6 Å². The number of carbonyl (C=O) groups excluding carboxylic acids is 1. The summed E-state index contributed by atoms with van der Waals surface area (Å²) in [7, 11) is 1.23. The average Bonchev–Trinajstić information content (AvgIpc) is 2.82. The molecule has 0 aliphatic heterocycles. The van der Waals surface area contributed by atoms with Crippen LogP contribution in [0.1, 0.15) is 24.5 Å². The van der Waals surface area contributed by atoms with E-state index in [1.54, 1.807) is 42.5 Å². The smallest absolute Gasteiger partial charge is 0.353 e. The van der Waals surface area contributed by atoms with E-state index in [0.717, 1.165) is 20.4 Å². The van der Waals surface area contributed by atoms with E-state index >= 15 is 0 Å². The van der Waals surface area contributed by atoms with Gasteiger partial charge in [0.2, 0.25) is 5.62 Å². The topological polar surface area (TPSA) is 123 Å². The molecule has 0 amide bonds. The molecule has 1 aromatic heterocycles. The van der Waals surface area contributed by atoms with Crippen LogP contribution in [0.3, 0.4) is 0 Å². The van der Waals surface area contributed by atoms with Crippen LogP contribution in [0.5, 0.6) is 5.75 Å². The third kappa shape index (κ3) is 5.57. The molecule has 10 nitrogen and oxygen atoms in total. The largest absolute Gasteiger partial charge is 0.494 e. The molecule has 3 rings (SSSR count). The standard InChI is InChI=1S/C23H26ClN5O5/c1-4-34-19-10-9-18(13-15(19)2)26-21-28(14-16-5-7-17(24)8-6-16)22(31)27(23(32)29(21)25)12-11-20(30)33-3/h5-10,13H,4,11-12,14,25H2,1-3H3/b26-21-. The van der Waals surface area contributed by atoms with Crippen LogP contribution in [0.4, 0.5) is 5.69 Å². The molecular weight excluding hydrogens is 462 g/mol. The Labute approximate surface area is 200 Å². The fourth-order valence-electron chi connectivity index (χ4n) is 3.32. The fraction of sp³-hybridized carbons (Fsp3) is 0.304. The number of hydrogen-bond acceptors (Lipinski definition) is 7. The molecule has 0 spiro atoms. The molecule has 11 heteroatoms. The summed E-state index contributed by atoms with van der Waals surface area (Å²) >= 11 is 5.98. The zero-order chi connectivity index (χ0) is 24.8. The third-order valence-corrected chi connectivity index (χ3v) is 5.32. The van der Waals surface area contributed by atoms with Gasteiger partial charge >= 0.3 is 17.3 Å². The summed E-state index contributed by atoms with van der Waals surface area (Å²) < 4.78 is 13.1. The van der Waals surface area contributed by atoms with Crippen LogP contribution >= 0.6 is 11.6 Å². The molecule has 0 saturated carbocycles. The van der Waals surface area contributed by atoms with Crippen molar-refractivity contribution in [2.24, 2.45) is 4.99 Å². The quantitative estimate of drug-likeness (QED) is 0.381. The van der Waals surface area contributed by atoms with Gasteiger partial charge in [-0.1, -0.05) is 23.7 Å². The highest BCUT2D eigenvalue weighted by molar-refractivity contribution is 6.30. The minimum absolute atomic E-state index is 0.0529. The maximum atomic E-state index is 13.3. The first-order chi connectivity index (χ1) is 16.2. The number of hydrogen-bond donors (Lipinski definition) is 1. The van der Waals surface area contributed by atoms with Gasteiger partial charge in [0.15, 0.2) is 0 Å². The van der Waals surface area contributed by atoms with E-state index in [1.807, 2.05) is 13.8 Å². The first-order valence-electron chi connectivity index (χ1n) is 10.6. The summed E-state index contributed by atoms with van der Waals surface area (Å²) in [5.41, 5.74) is 0.544. The molecule has 0 aliphatic carbocycles. The molecule has 180 valence electrons. The van der Waals surface area contributed by atoms with Crippen LogP contribution in [0.25, 0.3) is 0 Å². The first kappa shape index (κ1) is 24.8. The number of nitrogens with zero attached hydrogens (tertiary/aromatic N) is 4. The predicted molar refractivity (Wildman–Crippen MR) is 128 cm³/mol. The normalized spacial score (nSPS) is 11.5. The van der Waals surface area contributed by atoms with Gasteiger partial charge in [-0.3, -0.25) is 9.36 Å². The molecule has 0 fully saturated rings. The maximum absolute atomic E-state index is 13.3. The molecule has 0 saturated heterocycles. The Bertz CT molecular complexity index is 1370. The van der Waals surface area contributed by atoms with Crippen molar-refractivity contribution in [3.8, 4) is 5.75 Å². The van der Waals surface area contributed by atoms with Crippen molar-refractivity contribution < 1.29 is 14.3 Å². The van der Waals surface area contributed by atoms with Gasteiger partial charge in [-0.05, 0) is 55.3 Å². The summed E-state index contributed by atoms with van der Waals surface area (Å²) in [4.78, 5) is 42.3. The number of ether oxygens (including phenoxy) is 2. The molecular formula is C23H26ClN5O5. The van der Waals surface area contributed by atoms with Gasteiger partial charge in [-0.2, -0.15) is 4.68 Å². The number of benzene rings is 2. The van der Waals surface area contributed by atoms with E-state index in [1.165, 1.54) is 11.7 Å². The lowest BCUT2D eigenvalue weighted by atomic mass is 10.2. The number of aromatic nitrogens is 3. The number of esters is 1. The molecule has 3 aromatic rings. The van der Waals surface area contributed by atoms with Crippen molar-refractivity contribution in [2.45, 2.75) is 33.4 Å². The third-order valence-electron chi connectivity index (χ3n) is 5.06. The number of carbonyl (C=O) groups is 1. The second-order valence-corrected chi connectivity index (χ2v) is 7.86. The van der Waals surface area contributed by atoms with Crippen molar-refractivity contribution in [2.75, 3.05) is 19.6 Å². The number of halogens is 1. The second-order valence-electron chi connectivity index (χ2n) is 7.42. The SMILES string of the molecule is CCOc1ccc(/N=c2\n(N)c(=O)n(CCC(=O)OC)c(=O)n2Cc2ccc(Cl)cc2)cc1C. The summed E-state index contributed by atoms with van der Waals surface area (Å²) in [6.07, 6.45) is -0.166. The van der Waals surface area contributed by atoms with E-state index in [0.29, 0.717) is 23.1 Å². The zero-order valence-corrected chi connectivity index (χ0v) is 19.9. The van der Waals surface area contributed by atoms with E-state index in [4.69, 9.17) is 22.2 Å². The highest BCUT2D eigenvalue weighted by Gasteiger charge is 2.15. The van der Waals surface area contributed by atoms with Gasteiger partial charge in [0.05, 0.1) is 32.4 Å². The number of rotatable bonds is 8. The zero-order valence-electron chi connectivity index (χ0n) is 19.2. The molecule has 0 atom stereocenters. The Morgan fingerprint density at radius 3 is 2.41 bits per heavy atom. The van der Waals surface area contributed by atoms with Crippen molar-refractivity contribution in [3.63, 3.8) is 0 Å². The maximum Gasteiger partial charge on any atom is 0.353 e. The molecule has 0 bridgehead atoms. The van der Waals surface area contributed by atoms with Crippen LogP contribution in [0, 0.1) is 6.92 Å². The highest BCUT2D eigenvalue weighted by atomic mass is 35.5. The van der Waals surface area contributed by atoms with Crippen molar-refractivity contribution in [3.05, 3.63) is 85.2 Å². The average molecular weight is 488 g/mol. The Kier molecular flexibility index (Phi) is 7.95. The Balaban J connectivity index is 2.21. The van der Waals surface area contributed by atoms with Gasteiger partial charge < -0.3 is 15.3 Å². The van der Waals surface area contributed by atoms with Crippen LogP contribution in [-0.4, -0.2) is 33.5 Å².